The Kier molecular flexibility index (Phi) is 5.52. The van der Waals surface area contributed by atoms with E-state index < -0.39 is 10.0 Å². The lowest BCUT2D eigenvalue weighted by Crippen LogP contribution is -2.35. The van der Waals surface area contributed by atoms with Gasteiger partial charge in [-0.3, -0.25) is 0 Å². The van der Waals surface area contributed by atoms with Crippen LogP contribution in [0.2, 0.25) is 5.02 Å². The molecule has 0 aromatic heterocycles. The van der Waals surface area contributed by atoms with Gasteiger partial charge in [-0.15, -0.1) is 0 Å². The lowest BCUT2D eigenvalue weighted by Gasteiger charge is -2.28. The molecule has 0 amide bonds. The SMILES string of the molecule is CS(=O)(=O)N1CCc2c(cccc2Nc2ccc(Cl)c(-c3ccccc3C#N)c2)C1. The van der Waals surface area contributed by atoms with E-state index in [4.69, 9.17) is 11.6 Å². The molecule has 0 atom stereocenters. The first-order valence-corrected chi connectivity index (χ1v) is 11.7. The van der Waals surface area contributed by atoms with Gasteiger partial charge >= 0.3 is 0 Å². The highest BCUT2D eigenvalue weighted by Gasteiger charge is 2.24. The van der Waals surface area contributed by atoms with Crippen molar-refractivity contribution in [1.29, 1.82) is 5.26 Å². The molecule has 5 nitrogen and oxygen atoms in total. The van der Waals surface area contributed by atoms with Gasteiger partial charge in [-0.05, 0) is 47.9 Å². The molecule has 0 unspecified atom stereocenters. The summed E-state index contributed by atoms with van der Waals surface area (Å²) in [6.45, 7) is 0.844. The van der Waals surface area contributed by atoms with Crippen LogP contribution in [0.3, 0.4) is 0 Å². The first-order valence-electron chi connectivity index (χ1n) is 9.49. The van der Waals surface area contributed by atoms with Gasteiger partial charge in [0.1, 0.15) is 0 Å². The highest BCUT2D eigenvalue weighted by atomic mass is 35.5. The summed E-state index contributed by atoms with van der Waals surface area (Å²) in [5, 5.41) is 13.5. The van der Waals surface area contributed by atoms with Gasteiger partial charge in [0.2, 0.25) is 10.0 Å². The minimum Gasteiger partial charge on any atom is -0.355 e. The van der Waals surface area contributed by atoms with Crippen molar-refractivity contribution in [3.8, 4) is 17.2 Å². The zero-order valence-electron chi connectivity index (χ0n) is 16.4. The van der Waals surface area contributed by atoms with Gasteiger partial charge in [-0.2, -0.15) is 9.57 Å². The van der Waals surface area contributed by atoms with Crippen LogP contribution in [0.15, 0.2) is 60.7 Å². The molecule has 3 aromatic carbocycles. The number of benzene rings is 3. The second-order valence-electron chi connectivity index (χ2n) is 7.27. The molecule has 0 aliphatic carbocycles. The first-order chi connectivity index (χ1) is 14.4. The Bertz CT molecular complexity index is 1270. The number of hydrogen-bond acceptors (Lipinski definition) is 4. The van der Waals surface area contributed by atoms with E-state index in [1.165, 1.54) is 10.6 Å². The minimum atomic E-state index is -3.22. The summed E-state index contributed by atoms with van der Waals surface area (Å²) in [5.74, 6) is 0. The number of nitrogens with zero attached hydrogens (tertiary/aromatic N) is 2. The van der Waals surface area contributed by atoms with E-state index in [-0.39, 0.29) is 0 Å². The Morgan fingerprint density at radius 1 is 1.07 bits per heavy atom. The molecule has 30 heavy (non-hydrogen) atoms. The number of anilines is 2. The Morgan fingerprint density at radius 3 is 2.63 bits per heavy atom. The lowest BCUT2D eigenvalue weighted by atomic mass is 9.98. The van der Waals surface area contributed by atoms with Crippen molar-refractivity contribution >= 4 is 33.0 Å². The molecule has 1 N–H and O–H groups in total. The minimum absolute atomic E-state index is 0.380. The number of sulfonamides is 1. The van der Waals surface area contributed by atoms with Crippen LogP contribution >= 0.6 is 11.6 Å². The number of nitriles is 1. The Hall–Kier alpha value is -2.85. The maximum absolute atomic E-state index is 11.9. The second-order valence-corrected chi connectivity index (χ2v) is 9.66. The summed E-state index contributed by atoms with van der Waals surface area (Å²) < 4.78 is 25.3. The van der Waals surface area contributed by atoms with Gasteiger partial charge in [0.15, 0.2) is 0 Å². The van der Waals surface area contributed by atoms with Crippen LogP contribution in [0.1, 0.15) is 16.7 Å². The van der Waals surface area contributed by atoms with Crippen molar-refractivity contribution in [2.75, 3.05) is 18.1 Å². The number of fused-ring (bicyclic) bond motifs is 1. The summed E-state index contributed by atoms with van der Waals surface area (Å²) >= 11 is 6.44. The van der Waals surface area contributed by atoms with E-state index in [0.717, 1.165) is 33.6 Å². The third-order valence-corrected chi connectivity index (χ3v) is 6.86. The van der Waals surface area contributed by atoms with Gasteiger partial charge in [-0.25, -0.2) is 8.42 Å². The predicted octanol–water partition coefficient (Wildman–Crippen LogP) is 4.94. The fourth-order valence-corrected chi connectivity index (χ4v) is 4.78. The fraction of sp³-hybridized carbons (Fsp3) is 0.174. The molecule has 0 spiro atoms. The van der Waals surface area contributed by atoms with E-state index in [1.54, 1.807) is 6.07 Å². The van der Waals surface area contributed by atoms with Crippen molar-refractivity contribution in [3.63, 3.8) is 0 Å². The van der Waals surface area contributed by atoms with Crippen molar-refractivity contribution in [3.05, 3.63) is 82.4 Å². The molecule has 1 aliphatic heterocycles. The van der Waals surface area contributed by atoms with Gasteiger partial charge in [0, 0.05) is 40.6 Å². The summed E-state index contributed by atoms with van der Waals surface area (Å²) in [5.41, 5.74) is 6.05. The predicted molar refractivity (Wildman–Crippen MR) is 120 cm³/mol. The largest absolute Gasteiger partial charge is 0.355 e. The molecule has 152 valence electrons. The quantitative estimate of drug-likeness (QED) is 0.627. The molecule has 0 saturated heterocycles. The molecule has 7 heteroatoms. The standard InChI is InChI=1S/C23H20ClN3O2S/c1-30(28,29)27-12-11-20-17(15-27)6-4-8-23(20)26-18-9-10-22(24)21(13-18)19-7-3-2-5-16(19)14-25/h2-10,13,26H,11-12,15H2,1H3. The first kappa shape index (κ1) is 20.4. The van der Waals surface area contributed by atoms with Gasteiger partial charge in [-0.1, -0.05) is 41.9 Å². The molecule has 1 heterocycles. The van der Waals surface area contributed by atoms with Crippen molar-refractivity contribution in [2.45, 2.75) is 13.0 Å². The van der Waals surface area contributed by atoms with E-state index in [0.29, 0.717) is 30.1 Å². The van der Waals surface area contributed by atoms with Gasteiger partial charge < -0.3 is 5.32 Å². The Labute approximate surface area is 181 Å². The van der Waals surface area contributed by atoms with Crippen LogP contribution < -0.4 is 5.32 Å². The molecular formula is C23H20ClN3O2S. The number of nitrogens with one attached hydrogen (secondary N) is 1. The lowest BCUT2D eigenvalue weighted by molar-refractivity contribution is 0.395. The number of rotatable bonds is 4. The van der Waals surface area contributed by atoms with Crippen LogP contribution in [0.25, 0.3) is 11.1 Å². The maximum Gasteiger partial charge on any atom is 0.211 e. The summed E-state index contributed by atoms with van der Waals surface area (Å²) in [4.78, 5) is 0. The summed E-state index contributed by atoms with van der Waals surface area (Å²) in [7, 11) is -3.22. The average molecular weight is 438 g/mol. The van der Waals surface area contributed by atoms with E-state index in [9.17, 15) is 13.7 Å². The fourth-order valence-electron chi connectivity index (χ4n) is 3.76. The average Bonchev–Trinajstić information content (AvgIpc) is 2.74. The molecular weight excluding hydrogens is 418 g/mol. The molecule has 1 aliphatic rings. The third kappa shape index (κ3) is 4.05. The van der Waals surface area contributed by atoms with Crippen molar-refractivity contribution in [2.24, 2.45) is 0 Å². The van der Waals surface area contributed by atoms with Gasteiger partial charge in [0.05, 0.1) is 17.9 Å². The molecule has 0 saturated carbocycles. The van der Waals surface area contributed by atoms with Crippen molar-refractivity contribution < 1.29 is 8.42 Å². The van der Waals surface area contributed by atoms with Crippen LogP contribution in [0, 0.1) is 11.3 Å². The van der Waals surface area contributed by atoms with Gasteiger partial charge in [0.25, 0.3) is 0 Å². The van der Waals surface area contributed by atoms with E-state index in [1.807, 2.05) is 54.6 Å². The van der Waals surface area contributed by atoms with Crippen LogP contribution in [0.4, 0.5) is 11.4 Å². The van der Waals surface area contributed by atoms with Crippen LogP contribution in [0.5, 0.6) is 0 Å². The van der Waals surface area contributed by atoms with E-state index in [2.05, 4.69) is 11.4 Å². The smallest absolute Gasteiger partial charge is 0.211 e. The molecule has 4 rings (SSSR count). The van der Waals surface area contributed by atoms with E-state index >= 15 is 0 Å². The highest BCUT2D eigenvalue weighted by Crippen LogP contribution is 2.35. The second kappa shape index (κ2) is 8.11. The molecule has 0 fully saturated rings. The maximum atomic E-state index is 11.9. The van der Waals surface area contributed by atoms with Crippen LogP contribution in [-0.4, -0.2) is 25.5 Å². The number of halogens is 1. The third-order valence-electron chi connectivity index (χ3n) is 5.28. The Balaban J connectivity index is 1.68. The molecule has 3 aromatic rings. The Morgan fingerprint density at radius 2 is 1.87 bits per heavy atom. The monoisotopic (exact) mass is 437 g/mol. The summed E-state index contributed by atoms with van der Waals surface area (Å²) in [6, 6.07) is 21.1. The zero-order valence-corrected chi connectivity index (χ0v) is 18.0. The summed E-state index contributed by atoms with van der Waals surface area (Å²) in [6.07, 6.45) is 1.89. The molecule has 0 radical (unpaired) electrons. The topological polar surface area (TPSA) is 73.2 Å². The normalized spacial score (nSPS) is 14.0. The highest BCUT2D eigenvalue weighted by molar-refractivity contribution is 7.88. The molecule has 0 bridgehead atoms. The zero-order chi connectivity index (χ0) is 21.3. The number of hydrogen-bond donors (Lipinski definition) is 1. The van der Waals surface area contributed by atoms with Crippen molar-refractivity contribution in [1.82, 2.24) is 4.31 Å². The van der Waals surface area contributed by atoms with Crippen LogP contribution in [-0.2, 0) is 23.0 Å².